The minimum Gasteiger partial charge on any atom is -0.304 e. The van der Waals surface area contributed by atoms with Gasteiger partial charge < -0.3 is 5.32 Å². The Morgan fingerprint density at radius 2 is 1.94 bits per heavy atom. The van der Waals surface area contributed by atoms with Crippen LogP contribution in [-0.2, 0) is 0 Å². The molecule has 1 atom stereocenters. The van der Waals surface area contributed by atoms with Crippen molar-refractivity contribution in [3.8, 4) is 0 Å². The Hall–Kier alpha value is -1.17. The SMILES string of the molecule is CC(NCC(F)(F)C(F)F)c1cccc(F)c1. The Morgan fingerprint density at radius 3 is 2.47 bits per heavy atom. The van der Waals surface area contributed by atoms with E-state index in [1.165, 1.54) is 25.1 Å². The summed E-state index contributed by atoms with van der Waals surface area (Å²) in [4.78, 5) is 0. The molecule has 0 spiro atoms. The van der Waals surface area contributed by atoms with Gasteiger partial charge in [-0.2, -0.15) is 8.78 Å². The molecule has 0 fully saturated rings. The number of benzene rings is 1. The van der Waals surface area contributed by atoms with Gasteiger partial charge in [-0.1, -0.05) is 12.1 Å². The van der Waals surface area contributed by atoms with E-state index in [0.717, 1.165) is 6.07 Å². The van der Waals surface area contributed by atoms with E-state index in [-0.39, 0.29) is 0 Å². The smallest absolute Gasteiger partial charge is 0.304 e. The molecule has 0 aliphatic rings. The van der Waals surface area contributed by atoms with Crippen molar-refractivity contribution in [2.24, 2.45) is 0 Å². The van der Waals surface area contributed by atoms with E-state index in [2.05, 4.69) is 5.32 Å². The van der Waals surface area contributed by atoms with E-state index >= 15 is 0 Å². The first-order valence-electron chi connectivity index (χ1n) is 4.98. The number of rotatable bonds is 5. The number of hydrogen-bond donors (Lipinski definition) is 1. The first-order chi connectivity index (χ1) is 7.83. The summed E-state index contributed by atoms with van der Waals surface area (Å²) in [6.07, 6.45) is -3.71. The molecule has 0 aliphatic heterocycles. The van der Waals surface area contributed by atoms with Crippen LogP contribution >= 0.6 is 0 Å². The van der Waals surface area contributed by atoms with Crippen molar-refractivity contribution in [1.82, 2.24) is 5.32 Å². The predicted octanol–water partition coefficient (Wildman–Crippen LogP) is 3.38. The van der Waals surface area contributed by atoms with Crippen molar-refractivity contribution in [2.45, 2.75) is 25.3 Å². The molecule has 17 heavy (non-hydrogen) atoms. The van der Waals surface area contributed by atoms with Crippen LogP contribution in [0.3, 0.4) is 0 Å². The van der Waals surface area contributed by atoms with Crippen LogP contribution in [0, 0.1) is 5.82 Å². The van der Waals surface area contributed by atoms with Crippen LogP contribution in [0.4, 0.5) is 22.0 Å². The second-order valence-corrected chi connectivity index (χ2v) is 3.72. The zero-order valence-corrected chi connectivity index (χ0v) is 9.06. The fourth-order valence-electron chi connectivity index (χ4n) is 1.26. The lowest BCUT2D eigenvalue weighted by molar-refractivity contribution is -0.126. The highest BCUT2D eigenvalue weighted by Gasteiger charge is 2.40. The van der Waals surface area contributed by atoms with Crippen LogP contribution in [0.15, 0.2) is 24.3 Å². The summed E-state index contributed by atoms with van der Waals surface area (Å²) in [5, 5.41) is 2.25. The van der Waals surface area contributed by atoms with Crippen molar-refractivity contribution in [2.75, 3.05) is 6.54 Å². The molecule has 0 radical (unpaired) electrons. The molecule has 0 saturated heterocycles. The van der Waals surface area contributed by atoms with Crippen molar-refractivity contribution in [3.05, 3.63) is 35.6 Å². The first-order valence-corrected chi connectivity index (χ1v) is 4.98. The maximum absolute atomic E-state index is 12.8. The Labute approximate surface area is 95.6 Å². The lowest BCUT2D eigenvalue weighted by atomic mass is 10.1. The number of nitrogens with one attached hydrogen (secondary N) is 1. The van der Waals surface area contributed by atoms with Gasteiger partial charge in [0.25, 0.3) is 0 Å². The van der Waals surface area contributed by atoms with Gasteiger partial charge in [-0.25, -0.2) is 13.2 Å². The Morgan fingerprint density at radius 1 is 1.29 bits per heavy atom. The highest BCUT2D eigenvalue weighted by molar-refractivity contribution is 5.19. The monoisotopic (exact) mass is 253 g/mol. The molecule has 0 heterocycles. The van der Waals surface area contributed by atoms with E-state index in [0.29, 0.717) is 5.56 Å². The van der Waals surface area contributed by atoms with Gasteiger partial charge in [0.05, 0.1) is 6.54 Å². The quantitative estimate of drug-likeness (QED) is 0.793. The van der Waals surface area contributed by atoms with Crippen molar-refractivity contribution in [1.29, 1.82) is 0 Å². The van der Waals surface area contributed by atoms with Crippen molar-refractivity contribution >= 4 is 0 Å². The minimum atomic E-state index is -4.08. The van der Waals surface area contributed by atoms with Crippen molar-refractivity contribution in [3.63, 3.8) is 0 Å². The lowest BCUT2D eigenvalue weighted by Gasteiger charge is -2.20. The van der Waals surface area contributed by atoms with E-state index in [9.17, 15) is 22.0 Å². The third-order valence-electron chi connectivity index (χ3n) is 2.31. The molecule has 1 aromatic rings. The third-order valence-corrected chi connectivity index (χ3v) is 2.31. The highest BCUT2D eigenvalue weighted by atomic mass is 19.3. The number of alkyl halides is 4. The van der Waals surface area contributed by atoms with Crippen LogP contribution in [0.1, 0.15) is 18.5 Å². The summed E-state index contributed by atoms with van der Waals surface area (Å²) in [7, 11) is 0. The van der Waals surface area contributed by atoms with Gasteiger partial charge in [0.1, 0.15) is 5.82 Å². The maximum Gasteiger partial charge on any atom is 0.319 e. The molecule has 1 N–H and O–H groups in total. The molecule has 0 aliphatic carbocycles. The molecule has 1 aromatic carbocycles. The van der Waals surface area contributed by atoms with Gasteiger partial charge in [-0.3, -0.25) is 0 Å². The lowest BCUT2D eigenvalue weighted by Crippen LogP contribution is -2.39. The standard InChI is InChI=1S/C11H12F5N/c1-7(8-3-2-4-9(12)5-8)17-6-11(15,16)10(13)14/h2-5,7,10,17H,6H2,1H3. The molecular formula is C11H12F5N. The molecule has 0 bridgehead atoms. The molecule has 6 heteroatoms. The predicted molar refractivity (Wildman–Crippen MR) is 53.8 cm³/mol. The van der Waals surface area contributed by atoms with E-state index in [1.807, 2.05) is 0 Å². The molecule has 96 valence electrons. The molecule has 1 nitrogen and oxygen atoms in total. The van der Waals surface area contributed by atoms with Gasteiger partial charge in [0, 0.05) is 6.04 Å². The van der Waals surface area contributed by atoms with Crippen LogP contribution in [0.25, 0.3) is 0 Å². The third kappa shape index (κ3) is 3.96. The maximum atomic E-state index is 12.8. The second-order valence-electron chi connectivity index (χ2n) is 3.72. The molecule has 1 rings (SSSR count). The van der Waals surface area contributed by atoms with Gasteiger partial charge in [0.2, 0.25) is 0 Å². The van der Waals surface area contributed by atoms with Crippen LogP contribution in [0.5, 0.6) is 0 Å². The Bertz CT molecular complexity index is 367. The molecule has 0 saturated carbocycles. The fourth-order valence-corrected chi connectivity index (χ4v) is 1.26. The normalized spacial score (nSPS) is 14.1. The summed E-state index contributed by atoms with van der Waals surface area (Å²) >= 11 is 0. The summed E-state index contributed by atoms with van der Waals surface area (Å²) in [5.74, 6) is -4.58. The number of hydrogen-bond acceptors (Lipinski definition) is 1. The summed E-state index contributed by atoms with van der Waals surface area (Å²) in [6, 6.07) is 4.70. The van der Waals surface area contributed by atoms with Crippen LogP contribution in [0.2, 0.25) is 0 Å². The van der Waals surface area contributed by atoms with Crippen molar-refractivity contribution < 1.29 is 22.0 Å². The van der Waals surface area contributed by atoms with Crippen LogP contribution in [-0.4, -0.2) is 18.9 Å². The largest absolute Gasteiger partial charge is 0.319 e. The topological polar surface area (TPSA) is 12.0 Å². The summed E-state index contributed by atoms with van der Waals surface area (Å²) < 4.78 is 61.8. The van der Waals surface area contributed by atoms with Gasteiger partial charge in [-0.05, 0) is 24.6 Å². The average molecular weight is 253 g/mol. The first kappa shape index (κ1) is 13.9. The van der Waals surface area contributed by atoms with E-state index in [4.69, 9.17) is 0 Å². The average Bonchev–Trinajstić information content (AvgIpc) is 2.25. The molecule has 1 unspecified atom stereocenters. The van der Waals surface area contributed by atoms with Gasteiger partial charge in [0.15, 0.2) is 0 Å². The summed E-state index contributed by atoms with van der Waals surface area (Å²) in [5.41, 5.74) is 0.426. The zero-order chi connectivity index (χ0) is 13.1. The van der Waals surface area contributed by atoms with Gasteiger partial charge in [-0.15, -0.1) is 0 Å². The fraction of sp³-hybridized carbons (Fsp3) is 0.455. The molecule has 0 amide bonds. The Kier molecular flexibility index (Phi) is 4.45. The molecular weight excluding hydrogens is 241 g/mol. The minimum absolute atomic E-state index is 0.426. The second kappa shape index (κ2) is 5.44. The zero-order valence-electron chi connectivity index (χ0n) is 9.06. The van der Waals surface area contributed by atoms with E-state index in [1.54, 1.807) is 0 Å². The molecule has 0 aromatic heterocycles. The summed E-state index contributed by atoms with van der Waals surface area (Å²) in [6.45, 7) is 0.346. The Balaban J connectivity index is 2.59. The van der Waals surface area contributed by atoms with Gasteiger partial charge >= 0.3 is 12.3 Å². The van der Waals surface area contributed by atoms with E-state index < -0.39 is 30.8 Å². The highest BCUT2D eigenvalue weighted by Crippen LogP contribution is 2.23. The number of halogens is 5. The van der Waals surface area contributed by atoms with Crippen LogP contribution < -0.4 is 5.32 Å².